The summed E-state index contributed by atoms with van der Waals surface area (Å²) in [5.74, 6) is 1.17. The first-order valence-corrected chi connectivity index (χ1v) is 6.71. The number of β-amino-alcohol motifs (C(OH)–C–C–N with tert-alkyl or cyclic N) is 1. The van der Waals surface area contributed by atoms with Gasteiger partial charge in [0.25, 0.3) is 0 Å². The number of aliphatic hydroxyl groups excluding tert-OH is 1. The minimum atomic E-state index is -0.227. The minimum Gasteiger partial charge on any atom is -0.490 e. The van der Waals surface area contributed by atoms with Crippen molar-refractivity contribution in [2.45, 2.75) is 12.6 Å². The Bertz CT molecular complexity index is 409. The van der Waals surface area contributed by atoms with Crippen molar-refractivity contribution >= 4 is 0 Å². The van der Waals surface area contributed by atoms with Crippen molar-refractivity contribution in [3.63, 3.8) is 0 Å². The van der Waals surface area contributed by atoms with Gasteiger partial charge in [0.1, 0.15) is 12.4 Å². The number of ether oxygens (including phenoxy) is 1. The van der Waals surface area contributed by atoms with Crippen LogP contribution in [0.5, 0.6) is 5.75 Å². The third-order valence-electron chi connectivity index (χ3n) is 3.31. The average Bonchev–Trinajstić information content (AvgIpc) is 2.83. The van der Waals surface area contributed by atoms with Gasteiger partial charge >= 0.3 is 0 Å². The van der Waals surface area contributed by atoms with Crippen LogP contribution in [-0.4, -0.2) is 37.5 Å². The molecule has 1 heterocycles. The highest BCUT2D eigenvalue weighted by Crippen LogP contribution is 2.13. The predicted molar refractivity (Wildman–Crippen MR) is 76.2 cm³/mol. The van der Waals surface area contributed by atoms with Gasteiger partial charge in [0.15, 0.2) is 0 Å². The molecule has 4 heteroatoms. The molecule has 0 saturated carbocycles. The van der Waals surface area contributed by atoms with Crippen LogP contribution in [0.2, 0.25) is 0 Å². The van der Waals surface area contributed by atoms with Crippen LogP contribution in [0, 0.1) is 5.92 Å². The van der Waals surface area contributed by atoms with E-state index in [4.69, 9.17) is 4.74 Å². The molecule has 2 unspecified atom stereocenters. The van der Waals surface area contributed by atoms with E-state index in [0.717, 1.165) is 25.4 Å². The number of hydrogen-bond acceptors (Lipinski definition) is 4. The van der Waals surface area contributed by atoms with E-state index in [-0.39, 0.29) is 6.10 Å². The molecule has 0 aromatic heterocycles. The Hall–Kier alpha value is -1.36. The molecular formula is C15H22N2O2. The monoisotopic (exact) mass is 262 g/mol. The molecule has 1 saturated heterocycles. The fraction of sp³-hybridized carbons (Fsp3) is 0.467. The maximum absolute atomic E-state index is 9.70. The van der Waals surface area contributed by atoms with Crippen molar-refractivity contribution in [2.75, 3.05) is 26.2 Å². The van der Waals surface area contributed by atoms with Crippen molar-refractivity contribution in [1.82, 2.24) is 10.6 Å². The maximum atomic E-state index is 9.70. The molecule has 1 fully saturated rings. The van der Waals surface area contributed by atoms with Crippen molar-refractivity contribution < 1.29 is 9.84 Å². The number of hydrogen-bond donors (Lipinski definition) is 3. The molecule has 0 radical (unpaired) electrons. The minimum absolute atomic E-state index is 0.227. The predicted octanol–water partition coefficient (Wildman–Crippen LogP) is 0.921. The summed E-state index contributed by atoms with van der Waals surface area (Å²) in [5, 5.41) is 16.3. The summed E-state index contributed by atoms with van der Waals surface area (Å²) in [5.41, 5.74) is 1.18. The van der Waals surface area contributed by atoms with Gasteiger partial charge < -0.3 is 20.5 Å². The van der Waals surface area contributed by atoms with Crippen LogP contribution < -0.4 is 15.4 Å². The van der Waals surface area contributed by atoms with Crippen molar-refractivity contribution in [3.8, 4) is 5.75 Å². The van der Waals surface area contributed by atoms with E-state index in [0.29, 0.717) is 19.1 Å². The van der Waals surface area contributed by atoms with E-state index < -0.39 is 0 Å². The summed E-state index contributed by atoms with van der Waals surface area (Å²) in [6.07, 6.45) is 1.51. The van der Waals surface area contributed by atoms with Gasteiger partial charge in [0.2, 0.25) is 0 Å². The van der Waals surface area contributed by atoms with Gasteiger partial charge in [-0.2, -0.15) is 0 Å². The summed E-state index contributed by atoms with van der Waals surface area (Å²) in [6, 6.07) is 8.02. The van der Waals surface area contributed by atoms with Crippen LogP contribution >= 0.6 is 0 Å². The molecule has 4 nitrogen and oxygen atoms in total. The number of benzene rings is 1. The van der Waals surface area contributed by atoms with Gasteiger partial charge in [-0.05, 0) is 17.7 Å². The largest absolute Gasteiger partial charge is 0.490 e. The SMILES string of the molecule is C=CCOc1cccc(CNCC2CNCC2O)c1. The van der Waals surface area contributed by atoms with Crippen LogP contribution in [-0.2, 0) is 6.54 Å². The van der Waals surface area contributed by atoms with Gasteiger partial charge in [-0.1, -0.05) is 24.8 Å². The standard InChI is InChI=1S/C15H22N2O2/c1-2-6-19-14-5-3-4-12(7-14)8-16-9-13-10-17-11-15(13)18/h2-5,7,13,15-18H,1,6,8-11H2. The molecule has 19 heavy (non-hydrogen) atoms. The van der Waals surface area contributed by atoms with Gasteiger partial charge in [0, 0.05) is 32.1 Å². The lowest BCUT2D eigenvalue weighted by Crippen LogP contribution is -2.30. The van der Waals surface area contributed by atoms with Crippen molar-refractivity contribution in [1.29, 1.82) is 0 Å². The van der Waals surface area contributed by atoms with Gasteiger partial charge in [-0.15, -0.1) is 0 Å². The molecule has 2 rings (SSSR count). The van der Waals surface area contributed by atoms with Crippen LogP contribution in [0.15, 0.2) is 36.9 Å². The van der Waals surface area contributed by atoms with Crippen molar-refractivity contribution in [3.05, 3.63) is 42.5 Å². The highest BCUT2D eigenvalue weighted by atomic mass is 16.5. The van der Waals surface area contributed by atoms with Gasteiger partial charge in [-0.3, -0.25) is 0 Å². The van der Waals surface area contributed by atoms with E-state index in [2.05, 4.69) is 23.3 Å². The van der Waals surface area contributed by atoms with Gasteiger partial charge in [0.05, 0.1) is 6.10 Å². The third-order valence-corrected chi connectivity index (χ3v) is 3.31. The summed E-state index contributed by atoms with van der Waals surface area (Å²) >= 11 is 0. The Kier molecular flexibility index (Phi) is 5.39. The zero-order valence-corrected chi connectivity index (χ0v) is 11.1. The van der Waals surface area contributed by atoms with Crippen molar-refractivity contribution in [2.24, 2.45) is 5.92 Å². The normalized spacial score (nSPS) is 22.4. The van der Waals surface area contributed by atoms with E-state index in [1.54, 1.807) is 6.08 Å². The first kappa shape index (κ1) is 14.1. The molecule has 104 valence electrons. The lowest BCUT2D eigenvalue weighted by atomic mass is 10.1. The molecule has 0 amide bonds. The number of nitrogens with one attached hydrogen (secondary N) is 2. The lowest BCUT2D eigenvalue weighted by Gasteiger charge is -2.14. The Morgan fingerprint density at radius 2 is 2.37 bits per heavy atom. The number of aliphatic hydroxyl groups is 1. The third kappa shape index (κ3) is 4.35. The molecule has 3 N–H and O–H groups in total. The number of rotatable bonds is 7. The second kappa shape index (κ2) is 7.28. The first-order valence-electron chi connectivity index (χ1n) is 6.71. The summed E-state index contributed by atoms with van der Waals surface area (Å²) in [7, 11) is 0. The lowest BCUT2D eigenvalue weighted by molar-refractivity contribution is 0.146. The molecular weight excluding hydrogens is 240 g/mol. The zero-order chi connectivity index (χ0) is 13.5. The first-order chi connectivity index (χ1) is 9.29. The Morgan fingerprint density at radius 3 is 3.11 bits per heavy atom. The molecule has 1 aliphatic rings. The highest BCUT2D eigenvalue weighted by molar-refractivity contribution is 5.28. The highest BCUT2D eigenvalue weighted by Gasteiger charge is 2.23. The van der Waals surface area contributed by atoms with Crippen LogP contribution in [0.1, 0.15) is 5.56 Å². The van der Waals surface area contributed by atoms with Crippen LogP contribution in [0.3, 0.4) is 0 Å². The topological polar surface area (TPSA) is 53.5 Å². The summed E-state index contributed by atoms with van der Waals surface area (Å²) < 4.78 is 5.50. The molecule has 1 aromatic rings. The summed E-state index contributed by atoms with van der Waals surface area (Å²) in [6.45, 7) is 7.36. The fourth-order valence-electron chi connectivity index (χ4n) is 2.23. The second-order valence-electron chi connectivity index (χ2n) is 4.86. The molecule has 0 spiro atoms. The quantitative estimate of drug-likeness (QED) is 0.640. The van der Waals surface area contributed by atoms with Crippen LogP contribution in [0.25, 0.3) is 0 Å². The van der Waals surface area contributed by atoms with E-state index >= 15 is 0 Å². The Balaban J connectivity index is 1.77. The average molecular weight is 262 g/mol. The maximum Gasteiger partial charge on any atom is 0.120 e. The van der Waals surface area contributed by atoms with E-state index in [1.807, 2.05) is 18.2 Å². The molecule has 1 aromatic carbocycles. The molecule has 0 aliphatic carbocycles. The van der Waals surface area contributed by atoms with E-state index in [9.17, 15) is 5.11 Å². The molecule has 2 atom stereocenters. The fourth-order valence-corrected chi connectivity index (χ4v) is 2.23. The summed E-state index contributed by atoms with van der Waals surface area (Å²) in [4.78, 5) is 0. The Labute approximate surface area is 114 Å². The molecule has 1 aliphatic heterocycles. The second-order valence-corrected chi connectivity index (χ2v) is 4.86. The molecule has 0 bridgehead atoms. The smallest absolute Gasteiger partial charge is 0.120 e. The Morgan fingerprint density at radius 1 is 1.47 bits per heavy atom. The van der Waals surface area contributed by atoms with E-state index in [1.165, 1.54) is 5.56 Å². The van der Waals surface area contributed by atoms with Crippen LogP contribution in [0.4, 0.5) is 0 Å². The zero-order valence-electron chi connectivity index (χ0n) is 11.1. The van der Waals surface area contributed by atoms with Gasteiger partial charge in [-0.25, -0.2) is 0 Å².